The summed E-state index contributed by atoms with van der Waals surface area (Å²) < 4.78 is 6.31. The average Bonchev–Trinajstić information content (AvgIpc) is 2.71. The summed E-state index contributed by atoms with van der Waals surface area (Å²) in [6, 6.07) is 11.6. The lowest BCUT2D eigenvalue weighted by Crippen LogP contribution is -2.50. The number of nitrogens with zero attached hydrogens (tertiary/aromatic N) is 1. The quantitative estimate of drug-likeness (QED) is 0.482. The lowest BCUT2D eigenvalue weighted by atomic mass is 10.1. The zero-order valence-corrected chi connectivity index (χ0v) is 20.2. The fourth-order valence-corrected chi connectivity index (χ4v) is 3.67. The van der Waals surface area contributed by atoms with E-state index in [2.05, 4.69) is 21.2 Å². The molecule has 162 valence electrons. The van der Waals surface area contributed by atoms with Crippen molar-refractivity contribution < 1.29 is 14.3 Å². The monoisotopic (exact) mass is 514 g/mol. The Morgan fingerprint density at radius 3 is 2.50 bits per heavy atom. The van der Waals surface area contributed by atoms with Crippen LogP contribution in [0.4, 0.5) is 0 Å². The van der Waals surface area contributed by atoms with Crippen LogP contribution in [0.5, 0.6) is 5.75 Å². The van der Waals surface area contributed by atoms with Gasteiger partial charge in [0.1, 0.15) is 11.8 Å². The van der Waals surface area contributed by atoms with Gasteiger partial charge in [0.05, 0.1) is 4.47 Å². The molecule has 0 saturated heterocycles. The van der Waals surface area contributed by atoms with Crippen LogP contribution in [0, 0.1) is 0 Å². The number of halogens is 3. The molecule has 8 heteroatoms. The maximum Gasteiger partial charge on any atom is 0.261 e. The van der Waals surface area contributed by atoms with Crippen LogP contribution < -0.4 is 10.1 Å². The number of hydrogen-bond donors (Lipinski definition) is 1. The molecule has 2 rings (SSSR count). The molecular formula is C22H25BrCl2N2O3. The molecule has 1 N–H and O–H groups in total. The molecule has 5 nitrogen and oxygen atoms in total. The Balaban J connectivity index is 2.19. The van der Waals surface area contributed by atoms with E-state index >= 15 is 0 Å². The minimum Gasteiger partial charge on any atom is -0.483 e. The maximum atomic E-state index is 13.0. The van der Waals surface area contributed by atoms with Gasteiger partial charge < -0.3 is 15.0 Å². The number of rotatable bonds is 9. The van der Waals surface area contributed by atoms with Crippen LogP contribution in [0.2, 0.25) is 10.0 Å². The van der Waals surface area contributed by atoms with Crippen LogP contribution in [0.25, 0.3) is 0 Å². The SMILES string of the molecule is CC[C@@H](C)NC(=O)[C@@H](C)N(Cc1ccccc1Cl)C(=O)COc1ccc(Cl)cc1Br. The van der Waals surface area contributed by atoms with Gasteiger partial charge in [0.2, 0.25) is 5.91 Å². The highest BCUT2D eigenvalue weighted by Crippen LogP contribution is 2.28. The first-order chi connectivity index (χ1) is 14.2. The fraction of sp³-hybridized carbons (Fsp3) is 0.364. The molecule has 0 aliphatic carbocycles. The van der Waals surface area contributed by atoms with Crippen molar-refractivity contribution in [3.63, 3.8) is 0 Å². The van der Waals surface area contributed by atoms with E-state index in [0.29, 0.717) is 20.3 Å². The molecule has 0 saturated carbocycles. The standard InChI is InChI=1S/C22H25BrCl2N2O3/c1-4-14(2)26-22(29)15(3)27(12-16-7-5-6-8-19(16)25)21(28)13-30-20-10-9-17(24)11-18(20)23/h5-11,14-15H,4,12-13H2,1-3H3,(H,26,29)/t14-,15-/m1/s1. The molecule has 0 unspecified atom stereocenters. The van der Waals surface area contributed by atoms with Crippen molar-refractivity contribution in [2.75, 3.05) is 6.61 Å². The number of carbonyl (C=O) groups is 2. The van der Waals surface area contributed by atoms with Crippen LogP contribution in [-0.2, 0) is 16.1 Å². The van der Waals surface area contributed by atoms with E-state index in [1.807, 2.05) is 32.0 Å². The molecule has 0 aromatic heterocycles. The highest BCUT2D eigenvalue weighted by Gasteiger charge is 2.27. The van der Waals surface area contributed by atoms with E-state index in [1.54, 1.807) is 31.2 Å². The summed E-state index contributed by atoms with van der Waals surface area (Å²) in [6.07, 6.45) is 0.796. The molecule has 0 aliphatic heterocycles. The summed E-state index contributed by atoms with van der Waals surface area (Å²) in [5.41, 5.74) is 0.753. The molecule has 0 radical (unpaired) electrons. The van der Waals surface area contributed by atoms with E-state index in [-0.39, 0.29) is 31.0 Å². The van der Waals surface area contributed by atoms with Crippen LogP contribution in [-0.4, -0.2) is 35.4 Å². The first-order valence-electron chi connectivity index (χ1n) is 9.64. The number of benzene rings is 2. The summed E-state index contributed by atoms with van der Waals surface area (Å²) in [5, 5.41) is 4.01. The number of nitrogens with one attached hydrogen (secondary N) is 1. The van der Waals surface area contributed by atoms with Crippen molar-refractivity contribution in [3.05, 3.63) is 62.5 Å². The molecule has 0 fully saturated rings. The summed E-state index contributed by atoms with van der Waals surface area (Å²) in [5.74, 6) is -0.0665. The second-order valence-electron chi connectivity index (χ2n) is 6.97. The third kappa shape index (κ3) is 6.89. The predicted octanol–water partition coefficient (Wildman–Crippen LogP) is 5.47. The molecule has 2 aromatic carbocycles. The van der Waals surface area contributed by atoms with Crippen LogP contribution in [0.1, 0.15) is 32.8 Å². The largest absolute Gasteiger partial charge is 0.483 e. The maximum absolute atomic E-state index is 13.0. The molecule has 0 spiro atoms. The highest BCUT2D eigenvalue weighted by atomic mass is 79.9. The fourth-order valence-electron chi connectivity index (χ4n) is 2.67. The van der Waals surface area contributed by atoms with Gasteiger partial charge in [-0.3, -0.25) is 9.59 Å². The van der Waals surface area contributed by atoms with E-state index in [4.69, 9.17) is 27.9 Å². The first-order valence-corrected chi connectivity index (χ1v) is 11.2. The Morgan fingerprint density at radius 1 is 1.17 bits per heavy atom. The zero-order valence-electron chi connectivity index (χ0n) is 17.1. The summed E-state index contributed by atoms with van der Waals surface area (Å²) in [4.78, 5) is 27.2. The minimum absolute atomic E-state index is 0.0125. The molecule has 2 aromatic rings. The minimum atomic E-state index is -0.694. The first kappa shape index (κ1) is 24.5. The highest BCUT2D eigenvalue weighted by molar-refractivity contribution is 9.10. The van der Waals surface area contributed by atoms with Crippen molar-refractivity contribution in [3.8, 4) is 5.75 Å². The molecule has 2 atom stereocenters. The van der Waals surface area contributed by atoms with Gasteiger partial charge in [0.25, 0.3) is 5.91 Å². The van der Waals surface area contributed by atoms with Crippen molar-refractivity contribution in [1.82, 2.24) is 10.2 Å². The molecule has 0 aliphatic rings. The number of carbonyl (C=O) groups excluding carboxylic acids is 2. The van der Waals surface area contributed by atoms with Crippen molar-refractivity contribution in [1.29, 1.82) is 0 Å². The Hall–Kier alpha value is -1.76. The van der Waals surface area contributed by atoms with Gasteiger partial charge in [0, 0.05) is 22.6 Å². The van der Waals surface area contributed by atoms with E-state index in [1.165, 1.54) is 4.90 Å². The molecule has 2 amide bonds. The van der Waals surface area contributed by atoms with Gasteiger partial charge in [-0.1, -0.05) is 48.3 Å². The lowest BCUT2D eigenvalue weighted by molar-refractivity contribution is -0.142. The van der Waals surface area contributed by atoms with Gasteiger partial charge in [0.15, 0.2) is 6.61 Å². The average molecular weight is 516 g/mol. The molecular weight excluding hydrogens is 491 g/mol. The summed E-state index contributed by atoms with van der Waals surface area (Å²) in [7, 11) is 0. The van der Waals surface area contributed by atoms with Crippen LogP contribution in [0.3, 0.4) is 0 Å². The number of ether oxygens (including phenoxy) is 1. The third-order valence-corrected chi connectivity index (χ3v) is 5.94. The third-order valence-electron chi connectivity index (χ3n) is 4.71. The molecule has 0 heterocycles. The van der Waals surface area contributed by atoms with Crippen molar-refractivity contribution >= 4 is 50.9 Å². The van der Waals surface area contributed by atoms with E-state index in [0.717, 1.165) is 12.0 Å². The van der Waals surface area contributed by atoms with Gasteiger partial charge in [-0.2, -0.15) is 0 Å². The second kappa shape index (κ2) is 11.6. The topological polar surface area (TPSA) is 58.6 Å². The number of amides is 2. The summed E-state index contributed by atoms with van der Waals surface area (Å²) in [6.45, 7) is 5.57. The lowest BCUT2D eigenvalue weighted by Gasteiger charge is -2.30. The van der Waals surface area contributed by atoms with E-state index in [9.17, 15) is 9.59 Å². The zero-order chi connectivity index (χ0) is 22.3. The summed E-state index contributed by atoms with van der Waals surface area (Å²) >= 11 is 15.6. The molecule has 0 bridgehead atoms. The predicted molar refractivity (Wildman–Crippen MR) is 124 cm³/mol. The van der Waals surface area contributed by atoms with Gasteiger partial charge >= 0.3 is 0 Å². The number of hydrogen-bond acceptors (Lipinski definition) is 3. The van der Waals surface area contributed by atoms with Crippen LogP contribution >= 0.6 is 39.1 Å². The van der Waals surface area contributed by atoms with Gasteiger partial charge in [-0.15, -0.1) is 0 Å². The Morgan fingerprint density at radius 2 is 1.87 bits per heavy atom. The normalized spacial score (nSPS) is 12.7. The Kier molecular flexibility index (Phi) is 9.46. The Labute approximate surface area is 195 Å². The van der Waals surface area contributed by atoms with Crippen molar-refractivity contribution in [2.45, 2.75) is 45.8 Å². The van der Waals surface area contributed by atoms with Gasteiger partial charge in [-0.05, 0) is 66.0 Å². The smallest absolute Gasteiger partial charge is 0.261 e. The Bertz CT molecular complexity index is 894. The van der Waals surface area contributed by atoms with E-state index < -0.39 is 6.04 Å². The van der Waals surface area contributed by atoms with Gasteiger partial charge in [-0.25, -0.2) is 0 Å². The second-order valence-corrected chi connectivity index (χ2v) is 8.67. The van der Waals surface area contributed by atoms with Crippen molar-refractivity contribution in [2.24, 2.45) is 0 Å². The van der Waals surface area contributed by atoms with Crippen LogP contribution in [0.15, 0.2) is 46.9 Å². The molecule has 30 heavy (non-hydrogen) atoms.